The number of carbonyl (C=O) groups is 2. The zero-order valence-corrected chi connectivity index (χ0v) is 65.6. The average Bonchev–Trinajstić information content (AvgIpc) is 3.45. The van der Waals surface area contributed by atoms with Crippen LogP contribution in [0.1, 0.15) is 53.9 Å². The van der Waals surface area contributed by atoms with Crippen molar-refractivity contribution >= 4 is 255 Å². The molecule has 62 heavy (non-hydrogen) atoms. The molecule has 2 saturated carbocycles. The predicted molar refractivity (Wildman–Crippen MR) is 359 cm³/mol. The van der Waals surface area contributed by atoms with Gasteiger partial charge in [0.2, 0.25) is 0 Å². The first-order valence-corrected chi connectivity index (χ1v) is 70.3. The summed E-state index contributed by atoms with van der Waals surface area (Å²) in [5.74, 6) is -0.923. The third-order valence-corrected chi connectivity index (χ3v) is 155. The van der Waals surface area contributed by atoms with Gasteiger partial charge in [0.05, 0.1) is 53.4 Å². The van der Waals surface area contributed by atoms with Gasteiger partial charge in [0, 0.05) is 44.6 Å². The minimum absolute atomic E-state index is 0.201. The lowest BCUT2D eigenvalue weighted by Gasteiger charge is -2.68. The van der Waals surface area contributed by atoms with Crippen LogP contribution in [0.3, 0.4) is 0 Å². The molecule has 39 heteroatoms. The van der Waals surface area contributed by atoms with Crippen LogP contribution in [0.25, 0.3) is 0 Å². The predicted octanol–water partition coefficient (Wildman–Crippen LogP) is 19.7. The van der Waals surface area contributed by atoms with E-state index >= 15 is 0 Å². The Morgan fingerprint density at radius 3 is 1.76 bits per heavy atom. The van der Waals surface area contributed by atoms with Crippen molar-refractivity contribution in [2.45, 2.75) is 95.6 Å². The van der Waals surface area contributed by atoms with Gasteiger partial charge in [-0.3, -0.25) is 4.79 Å². The zero-order chi connectivity index (χ0) is 46.8. The van der Waals surface area contributed by atoms with E-state index in [9.17, 15) is 9.59 Å². The lowest BCUT2D eigenvalue weighted by molar-refractivity contribution is -0.341. The number of esters is 1. The second kappa shape index (κ2) is 27.1. The smallest absolute Gasteiger partial charge is 0.454 e. The van der Waals surface area contributed by atoms with Crippen molar-refractivity contribution in [1.29, 1.82) is 0 Å². The highest BCUT2D eigenvalue weighted by Gasteiger charge is 2.79. The quantitative estimate of drug-likeness (QED) is 0.0755. The van der Waals surface area contributed by atoms with Gasteiger partial charge in [-0.25, -0.2) is 4.79 Å². The molecule has 2 saturated heterocycles. The van der Waals surface area contributed by atoms with Gasteiger partial charge in [0.1, 0.15) is 6.10 Å². The summed E-state index contributed by atoms with van der Waals surface area (Å²) in [5, 5.41) is 0. The molecule has 30 atom stereocenters. The van der Waals surface area contributed by atoms with Crippen molar-refractivity contribution in [3.63, 3.8) is 0 Å². The second-order valence-electron chi connectivity index (χ2n) is 15.7. The van der Waals surface area contributed by atoms with Crippen molar-refractivity contribution in [1.82, 2.24) is 0 Å². The van der Waals surface area contributed by atoms with E-state index in [4.69, 9.17) is 32.5 Å². The Bertz CT molecular complexity index is 1630. The van der Waals surface area contributed by atoms with Crippen molar-refractivity contribution in [2.24, 2.45) is 16.7 Å². The summed E-state index contributed by atoms with van der Waals surface area (Å²) in [4.78, 5) is 27.7. The molecular weight excluding hydrogens is 1350 g/mol. The Hall–Kier alpha value is 11.2. The van der Waals surface area contributed by atoms with E-state index in [1.165, 1.54) is 6.92 Å². The summed E-state index contributed by atoms with van der Waals surface area (Å²) in [6, 6.07) is 0. The molecule has 9 nitrogen and oxygen atoms in total. The van der Waals surface area contributed by atoms with E-state index in [2.05, 4.69) is 171 Å². The SMILES string of the molecule is CC(=O)O[C@@]12CO[C@@H]1C[C@H](OP(P(P)P)P(P)P)[C@@]1(C)C[C@@H](OP(P(P)P)P(PP)P(P)P)C3=C(C)[C@@H](OP(P)P(P(P)P)P(P(P)P)P(P)P)C[C@]4(OC(=O)O[C@H]4[C@@H]12)C3(C)C. The molecule has 2 heterocycles. The standard InChI is InChI=1S/C23H62O9P30/c1-10-12(30-50(34)61(57(43)44)62(58(45)46)59(47)48)8-23-18(27-19(25)29-23)17-21(5,7-13(16(10)20(23,3)4)31-52(55(39)40)60(49-33)56(41)42)14(32-51(53(35)36)54(37)38)6-15-22(17,9-26-15)28-11(2)24/h12-15,17-18,49H,6-9,33-48H2,1-5H3/t12-,13+,14-,15+,17-,18-,21+,22-,23+,50?,52?,60?,61?/m0/s1. The van der Waals surface area contributed by atoms with Crippen LogP contribution in [-0.4, -0.2) is 60.5 Å². The van der Waals surface area contributed by atoms with Crippen LogP contribution in [0, 0.1) is 16.7 Å². The molecule has 5 aliphatic rings. The first-order chi connectivity index (χ1) is 28.6. The van der Waals surface area contributed by atoms with Gasteiger partial charge in [-0.2, -0.15) is 0 Å². The van der Waals surface area contributed by atoms with Crippen molar-refractivity contribution in [3.8, 4) is 0 Å². The monoisotopic (exact) mass is 1410 g/mol. The normalized spacial score (nSPS) is 35.4. The van der Waals surface area contributed by atoms with Gasteiger partial charge in [-0.05, 0) is 80.4 Å². The number of carbonyl (C=O) groups excluding carboxylic acids is 2. The maximum Gasteiger partial charge on any atom is 0.509 e. The summed E-state index contributed by atoms with van der Waals surface area (Å²) >= 11 is 0. The fourth-order valence-electron chi connectivity index (χ4n) is 9.55. The minimum Gasteiger partial charge on any atom is -0.454 e. The Morgan fingerprint density at radius 2 is 1.31 bits per heavy atom. The van der Waals surface area contributed by atoms with Crippen LogP contribution in [0.5, 0.6) is 0 Å². The summed E-state index contributed by atoms with van der Waals surface area (Å²) in [6.45, 7) is 5.94. The molecule has 4 fully saturated rings. The van der Waals surface area contributed by atoms with Crippen LogP contribution >= 0.6 is 243 Å². The average molecular weight is 1410 g/mol. The summed E-state index contributed by atoms with van der Waals surface area (Å²) in [6.07, 6.45) is -1.50. The molecule has 0 radical (unpaired) electrons. The molecule has 3 aliphatic carbocycles. The van der Waals surface area contributed by atoms with Crippen LogP contribution in [0.4, 0.5) is 4.79 Å². The summed E-state index contributed by atoms with van der Waals surface area (Å²) < 4.78 is 49.6. The van der Waals surface area contributed by atoms with Crippen molar-refractivity contribution < 1.29 is 42.1 Å². The van der Waals surface area contributed by atoms with Crippen LogP contribution < -0.4 is 0 Å². The number of hydrogen-bond donors (Lipinski definition) is 0. The van der Waals surface area contributed by atoms with E-state index < -0.39 is 118 Å². The van der Waals surface area contributed by atoms with E-state index in [-0.39, 0.29) is 51.9 Å². The number of ether oxygens (including phenoxy) is 4. The minimum atomic E-state index is -1.20. The highest BCUT2D eigenvalue weighted by atomic mass is 33.3. The zero-order valence-electron chi connectivity index (χ0n) is 34.5. The molecule has 2 bridgehead atoms. The lowest BCUT2D eigenvalue weighted by Crippen LogP contribution is -2.79. The fourth-order valence-corrected chi connectivity index (χ4v) is 239. The molecule has 0 N–H and O–H groups in total. The van der Waals surface area contributed by atoms with Gasteiger partial charge >= 0.3 is 12.1 Å². The number of rotatable bonds is 18. The maximum absolute atomic E-state index is 14.3. The van der Waals surface area contributed by atoms with E-state index in [1.54, 1.807) is 0 Å². The molecule has 358 valence electrons. The third kappa shape index (κ3) is 13.7. The molecule has 0 aromatic rings. The summed E-state index contributed by atoms with van der Waals surface area (Å²) in [5.41, 5.74) is -1.45. The Morgan fingerprint density at radius 1 is 0.742 bits per heavy atom. The fraction of sp³-hybridized carbons (Fsp3) is 0.826. The van der Waals surface area contributed by atoms with E-state index in [0.717, 1.165) is 11.1 Å². The van der Waals surface area contributed by atoms with Crippen LogP contribution in [0.15, 0.2) is 11.1 Å². The van der Waals surface area contributed by atoms with Gasteiger partial charge in [0.15, 0.2) is 17.3 Å². The van der Waals surface area contributed by atoms with Gasteiger partial charge < -0.3 is 32.5 Å². The largest absolute Gasteiger partial charge is 0.509 e. The van der Waals surface area contributed by atoms with Crippen LogP contribution in [0.2, 0.25) is 0 Å². The molecule has 0 amide bonds. The van der Waals surface area contributed by atoms with E-state index in [1.807, 2.05) is 0 Å². The third-order valence-electron chi connectivity index (χ3n) is 11.8. The maximum atomic E-state index is 14.3. The molecule has 1 spiro atoms. The Balaban J connectivity index is 1.84. The molecule has 2 aliphatic heterocycles. The van der Waals surface area contributed by atoms with E-state index in [0.29, 0.717) is 27.2 Å². The summed E-state index contributed by atoms with van der Waals surface area (Å²) in [7, 11) is 47.5. The number of hydrogen-bond acceptors (Lipinski definition) is 9. The van der Waals surface area contributed by atoms with Crippen LogP contribution in [-0.2, 0) is 37.3 Å². The topological polar surface area (TPSA) is 98.8 Å². The Labute approximate surface area is 423 Å². The first kappa shape index (κ1) is 64.0. The molecule has 21 unspecified atom stereocenters. The second-order valence-corrected chi connectivity index (χ2v) is 122. The van der Waals surface area contributed by atoms with Crippen molar-refractivity contribution in [3.05, 3.63) is 11.1 Å². The highest BCUT2D eigenvalue weighted by Crippen LogP contribution is 3.21. The van der Waals surface area contributed by atoms with Gasteiger partial charge in [-0.15, -0.1) is 134 Å². The molecule has 0 aromatic heterocycles. The highest BCUT2D eigenvalue weighted by molar-refractivity contribution is 9.25. The molecule has 5 rings (SSSR count). The van der Waals surface area contributed by atoms with Crippen molar-refractivity contribution in [2.75, 3.05) is 6.61 Å². The Kier molecular flexibility index (Phi) is 28.0. The molecular formula is C23H62O9P30. The number of fused-ring (bicyclic) bond motifs is 5. The van der Waals surface area contributed by atoms with Gasteiger partial charge in [0.25, 0.3) is 0 Å². The lowest BCUT2D eigenvalue weighted by atomic mass is 9.45. The van der Waals surface area contributed by atoms with Gasteiger partial charge in [-0.1, -0.05) is 37.7 Å². The first-order valence-electron chi connectivity index (χ1n) is 18.1. The molecule has 0 aromatic carbocycles.